The Bertz CT molecular complexity index is 143. The third-order valence-corrected chi connectivity index (χ3v) is 3.19. The van der Waals surface area contributed by atoms with Crippen LogP contribution in [0.15, 0.2) is 0 Å². The van der Waals surface area contributed by atoms with Crippen LogP contribution < -0.4 is 0 Å². The van der Waals surface area contributed by atoms with Gasteiger partial charge in [0.25, 0.3) is 0 Å². The summed E-state index contributed by atoms with van der Waals surface area (Å²) in [5.41, 5.74) is 0.491. The summed E-state index contributed by atoms with van der Waals surface area (Å²) in [6.45, 7) is 2.11. The summed E-state index contributed by atoms with van der Waals surface area (Å²) in [5.74, 6) is -0.0343. The molecule has 0 amide bonds. The fraction of sp³-hybridized carbons (Fsp3) is 1.00. The van der Waals surface area contributed by atoms with E-state index in [1.807, 2.05) is 0 Å². The molecule has 1 atom stereocenters. The molecule has 2 aliphatic rings. The lowest BCUT2D eigenvalue weighted by Gasteiger charge is -2.21. The maximum absolute atomic E-state index is 7.89. The quantitative estimate of drug-likeness (QED) is 0.467. The highest BCUT2D eigenvalue weighted by Gasteiger charge is 2.50. The van der Waals surface area contributed by atoms with Crippen LogP contribution in [0.4, 0.5) is 0 Å². The molecule has 0 aromatic rings. The lowest BCUT2D eigenvalue weighted by Crippen LogP contribution is -2.07. The molecule has 1 spiro atoms. The van der Waals surface area contributed by atoms with Crippen LogP contribution in [0.5, 0.6) is 0 Å². The number of hydrogen-bond donors (Lipinski definition) is 0. The Morgan fingerprint density at radius 1 is 1.33 bits per heavy atom. The van der Waals surface area contributed by atoms with Crippen molar-refractivity contribution in [1.82, 2.24) is 0 Å². The fourth-order valence-corrected chi connectivity index (χ4v) is 2.30. The van der Waals surface area contributed by atoms with Crippen molar-refractivity contribution in [3.8, 4) is 0 Å². The molecule has 0 aliphatic heterocycles. The van der Waals surface area contributed by atoms with Gasteiger partial charge in [0, 0.05) is 1.37 Å². The molecule has 0 heteroatoms. The molecule has 2 rings (SSSR count). The van der Waals surface area contributed by atoms with Crippen LogP contribution in [0, 0.1) is 11.3 Å². The summed E-state index contributed by atoms with van der Waals surface area (Å²) in [4.78, 5) is 0. The molecule has 0 radical (unpaired) electrons. The zero-order valence-electron chi connectivity index (χ0n) is 7.24. The van der Waals surface area contributed by atoms with E-state index in [9.17, 15) is 0 Å². The van der Waals surface area contributed by atoms with Gasteiger partial charge in [0.1, 0.15) is 0 Å². The van der Waals surface area contributed by atoms with Gasteiger partial charge in [0.2, 0.25) is 0 Å². The van der Waals surface area contributed by atoms with Gasteiger partial charge in [-0.15, -0.1) is 0 Å². The van der Waals surface area contributed by atoms with Crippen LogP contribution >= 0.6 is 0 Å². The van der Waals surface area contributed by atoms with E-state index in [4.69, 9.17) is 1.37 Å². The smallest absolute Gasteiger partial charge is 0.0306 e. The van der Waals surface area contributed by atoms with Crippen molar-refractivity contribution in [3.63, 3.8) is 0 Å². The Hall–Kier alpha value is 0. The Kier molecular flexibility index (Phi) is 0.922. The van der Waals surface area contributed by atoms with E-state index in [1.165, 1.54) is 38.5 Å². The van der Waals surface area contributed by atoms with Gasteiger partial charge in [0.05, 0.1) is 0 Å². The highest BCUT2D eigenvalue weighted by atomic mass is 14.5. The van der Waals surface area contributed by atoms with Crippen LogP contribution in [0.1, 0.15) is 46.8 Å². The van der Waals surface area contributed by atoms with Gasteiger partial charge in [-0.25, -0.2) is 0 Å². The van der Waals surface area contributed by atoms with Gasteiger partial charge in [-0.3, -0.25) is 0 Å². The Balaban J connectivity index is 2.05. The van der Waals surface area contributed by atoms with Crippen molar-refractivity contribution in [2.45, 2.75) is 45.4 Å². The summed E-state index contributed by atoms with van der Waals surface area (Å²) in [7, 11) is 0. The average molecular weight is 125 g/mol. The highest BCUT2D eigenvalue weighted by Crippen LogP contribution is 2.60. The van der Waals surface area contributed by atoms with E-state index in [2.05, 4.69) is 6.92 Å². The Morgan fingerprint density at radius 3 is 2.22 bits per heavy atom. The van der Waals surface area contributed by atoms with E-state index in [0.717, 1.165) is 0 Å². The standard InChI is InChI=1S/C9H16/c1-8-7-9(8)5-3-2-4-6-9/h8H,2-7H2,1H3/t8-/m1/s1/i8D. The van der Waals surface area contributed by atoms with Gasteiger partial charge in [-0.05, 0) is 30.6 Å². The van der Waals surface area contributed by atoms with Crippen LogP contribution in [0.2, 0.25) is 0 Å². The molecule has 2 aliphatic carbocycles. The Morgan fingerprint density at radius 2 is 1.89 bits per heavy atom. The maximum atomic E-state index is 7.89. The van der Waals surface area contributed by atoms with Crippen molar-refractivity contribution in [3.05, 3.63) is 0 Å². The Labute approximate surface area is 59.1 Å². The summed E-state index contributed by atoms with van der Waals surface area (Å²) < 4.78 is 7.89. The second-order valence-electron chi connectivity index (χ2n) is 3.80. The molecular weight excluding hydrogens is 108 g/mol. The van der Waals surface area contributed by atoms with E-state index in [-0.39, 0.29) is 5.89 Å². The van der Waals surface area contributed by atoms with Crippen molar-refractivity contribution >= 4 is 0 Å². The van der Waals surface area contributed by atoms with E-state index in [1.54, 1.807) is 0 Å². The van der Waals surface area contributed by atoms with Crippen LogP contribution in [0.3, 0.4) is 0 Å². The van der Waals surface area contributed by atoms with Crippen molar-refractivity contribution in [1.29, 1.82) is 0 Å². The molecule has 9 heavy (non-hydrogen) atoms. The number of rotatable bonds is 0. The normalized spacial score (nSPS) is 48.8. The van der Waals surface area contributed by atoms with E-state index >= 15 is 0 Å². The lowest BCUT2D eigenvalue weighted by molar-refractivity contribution is 0.313. The monoisotopic (exact) mass is 125 g/mol. The minimum absolute atomic E-state index is 0.0343. The second kappa shape index (κ2) is 1.74. The van der Waals surface area contributed by atoms with Gasteiger partial charge < -0.3 is 0 Å². The maximum Gasteiger partial charge on any atom is 0.0306 e. The molecule has 52 valence electrons. The van der Waals surface area contributed by atoms with Gasteiger partial charge in [-0.2, -0.15) is 0 Å². The van der Waals surface area contributed by atoms with Crippen molar-refractivity contribution in [2.24, 2.45) is 11.3 Å². The summed E-state index contributed by atoms with van der Waals surface area (Å²) in [6, 6.07) is 0. The first-order valence-electron chi connectivity index (χ1n) is 4.66. The van der Waals surface area contributed by atoms with Crippen LogP contribution in [0.25, 0.3) is 0 Å². The largest absolute Gasteiger partial charge is 0.0620 e. The zero-order valence-corrected chi connectivity index (χ0v) is 6.24. The minimum Gasteiger partial charge on any atom is -0.0620 e. The SMILES string of the molecule is [2H][C@@]1(C)CC12CCCCC2. The van der Waals surface area contributed by atoms with Gasteiger partial charge in [-0.1, -0.05) is 26.2 Å². The lowest BCUT2D eigenvalue weighted by atomic mass is 9.85. The molecule has 0 unspecified atom stereocenters. The average Bonchev–Trinajstić information content (AvgIpc) is 2.36. The van der Waals surface area contributed by atoms with E-state index in [0.29, 0.717) is 5.41 Å². The van der Waals surface area contributed by atoms with Gasteiger partial charge >= 0.3 is 0 Å². The molecule has 0 bridgehead atoms. The first kappa shape index (κ1) is 4.76. The highest BCUT2D eigenvalue weighted by molar-refractivity contribution is 5.00. The van der Waals surface area contributed by atoms with Crippen molar-refractivity contribution < 1.29 is 1.37 Å². The molecular formula is C9H16. The molecule has 0 heterocycles. The predicted molar refractivity (Wildman–Crippen MR) is 39.3 cm³/mol. The molecule has 2 fully saturated rings. The summed E-state index contributed by atoms with van der Waals surface area (Å²) in [6.07, 6.45) is 8.04. The number of hydrogen-bond acceptors (Lipinski definition) is 0. The zero-order chi connectivity index (χ0) is 7.24. The molecule has 0 saturated heterocycles. The van der Waals surface area contributed by atoms with Crippen molar-refractivity contribution in [2.75, 3.05) is 0 Å². The van der Waals surface area contributed by atoms with E-state index < -0.39 is 0 Å². The first-order chi connectivity index (χ1) is 4.66. The minimum atomic E-state index is -0.0343. The first-order valence-corrected chi connectivity index (χ1v) is 4.16. The summed E-state index contributed by atoms with van der Waals surface area (Å²) >= 11 is 0. The molecule has 2 saturated carbocycles. The second-order valence-corrected chi connectivity index (χ2v) is 3.80. The fourth-order valence-electron chi connectivity index (χ4n) is 2.30. The van der Waals surface area contributed by atoms with Crippen LogP contribution in [-0.2, 0) is 0 Å². The molecule has 0 aromatic carbocycles. The third-order valence-electron chi connectivity index (χ3n) is 3.19. The summed E-state index contributed by atoms with van der Waals surface area (Å²) in [5, 5.41) is 0. The van der Waals surface area contributed by atoms with Crippen LogP contribution in [-0.4, -0.2) is 0 Å². The topological polar surface area (TPSA) is 0 Å². The molecule has 0 aromatic heterocycles. The molecule has 0 nitrogen and oxygen atoms in total. The van der Waals surface area contributed by atoms with Gasteiger partial charge in [0.15, 0.2) is 0 Å². The third kappa shape index (κ3) is 0.798. The molecule has 0 N–H and O–H groups in total. The predicted octanol–water partition coefficient (Wildman–Crippen LogP) is 2.98.